The first-order valence-electron chi connectivity index (χ1n) is 7.88. The zero-order valence-corrected chi connectivity index (χ0v) is 14.5. The second-order valence-electron chi connectivity index (χ2n) is 5.34. The third-order valence-electron chi connectivity index (χ3n) is 3.55. The molecule has 0 saturated carbocycles. The zero-order valence-electron chi connectivity index (χ0n) is 14.5. The van der Waals surface area contributed by atoms with Gasteiger partial charge in [0.15, 0.2) is 0 Å². The number of ether oxygens (including phenoxy) is 2. The van der Waals surface area contributed by atoms with Crippen LogP contribution in [-0.4, -0.2) is 22.5 Å². The number of carbonyl (C=O) groups is 1. The summed E-state index contributed by atoms with van der Waals surface area (Å²) in [5.41, 5.74) is 4.30. The molecule has 0 fully saturated rings. The van der Waals surface area contributed by atoms with Crippen LogP contribution in [-0.2, 0) is 16.1 Å². The summed E-state index contributed by atoms with van der Waals surface area (Å²) in [7, 11) is 0. The molecule has 0 aliphatic heterocycles. The maximum atomic E-state index is 11.5. The molecule has 0 radical (unpaired) electrons. The number of aromatic nitrogens is 2. The lowest BCUT2D eigenvalue weighted by atomic mass is 10.2. The first kappa shape index (κ1) is 17.7. The lowest BCUT2D eigenvalue weighted by Crippen LogP contribution is -2.06. The van der Waals surface area contributed by atoms with E-state index in [1.807, 2.05) is 45.0 Å². The van der Waals surface area contributed by atoms with Crippen molar-refractivity contribution < 1.29 is 14.3 Å². The van der Waals surface area contributed by atoms with Crippen LogP contribution in [0.15, 0.2) is 30.3 Å². The highest BCUT2D eigenvalue weighted by molar-refractivity contribution is 5.87. The molecule has 0 unspecified atom stereocenters. The number of carbonyl (C=O) groups excluding carboxylic acids is 1. The summed E-state index contributed by atoms with van der Waals surface area (Å²) in [6.45, 7) is 8.24. The monoisotopic (exact) mass is 326 g/mol. The molecule has 1 aromatic heterocycles. The highest BCUT2D eigenvalue weighted by atomic mass is 16.5. The predicted molar refractivity (Wildman–Crippen MR) is 92.7 cm³/mol. The van der Waals surface area contributed by atoms with Gasteiger partial charge in [-0.3, -0.25) is 9.97 Å². The van der Waals surface area contributed by atoms with Crippen LogP contribution in [0.5, 0.6) is 5.75 Å². The van der Waals surface area contributed by atoms with Crippen molar-refractivity contribution in [2.45, 2.75) is 34.3 Å². The van der Waals surface area contributed by atoms with Crippen molar-refractivity contribution in [1.29, 1.82) is 0 Å². The summed E-state index contributed by atoms with van der Waals surface area (Å²) in [6, 6.07) is 7.51. The molecule has 2 aromatic rings. The Hall–Kier alpha value is -2.69. The van der Waals surface area contributed by atoms with Crippen molar-refractivity contribution >= 4 is 12.0 Å². The van der Waals surface area contributed by atoms with Crippen LogP contribution < -0.4 is 4.74 Å². The van der Waals surface area contributed by atoms with E-state index in [2.05, 4.69) is 9.97 Å². The van der Waals surface area contributed by atoms with Crippen LogP contribution in [0, 0.1) is 20.8 Å². The van der Waals surface area contributed by atoms with E-state index in [1.165, 1.54) is 6.08 Å². The molecule has 0 atom stereocenters. The SMILES string of the molecule is CCOC(=O)/C=C/c1ccccc1OCc1nc(C)c(C)nc1C. The standard InChI is InChI=1S/C19H22N2O3/c1-5-23-19(22)11-10-16-8-6-7-9-18(16)24-12-17-15(4)20-13(2)14(3)21-17/h6-11H,5,12H2,1-4H3/b11-10+. The molecule has 24 heavy (non-hydrogen) atoms. The van der Waals surface area contributed by atoms with Crippen LogP contribution in [0.2, 0.25) is 0 Å². The average Bonchev–Trinajstić information content (AvgIpc) is 2.56. The molecule has 0 spiro atoms. The van der Waals surface area contributed by atoms with E-state index < -0.39 is 0 Å². The molecule has 5 heteroatoms. The van der Waals surface area contributed by atoms with E-state index in [4.69, 9.17) is 9.47 Å². The Labute approximate surface area is 142 Å². The van der Waals surface area contributed by atoms with Gasteiger partial charge in [0.1, 0.15) is 12.4 Å². The summed E-state index contributed by atoms with van der Waals surface area (Å²) in [6.07, 6.45) is 3.08. The number of aryl methyl sites for hydroxylation is 3. The Bertz CT molecular complexity index is 754. The van der Waals surface area contributed by atoms with Gasteiger partial charge < -0.3 is 9.47 Å². The molecule has 126 valence electrons. The van der Waals surface area contributed by atoms with Crippen molar-refractivity contribution in [3.8, 4) is 5.75 Å². The van der Waals surface area contributed by atoms with Gasteiger partial charge in [0, 0.05) is 11.6 Å². The first-order chi connectivity index (χ1) is 11.5. The van der Waals surface area contributed by atoms with Gasteiger partial charge in [-0.15, -0.1) is 0 Å². The van der Waals surface area contributed by atoms with Crippen molar-refractivity contribution in [3.05, 3.63) is 58.7 Å². The fourth-order valence-electron chi connectivity index (χ4n) is 2.14. The zero-order chi connectivity index (χ0) is 17.5. The average molecular weight is 326 g/mol. The molecule has 0 N–H and O–H groups in total. The number of para-hydroxylation sites is 1. The van der Waals surface area contributed by atoms with Crippen molar-refractivity contribution in [3.63, 3.8) is 0 Å². The minimum absolute atomic E-state index is 0.324. The molecular formula is C19H22N2O3. The molecule has 1 aromatic carbocycles. The van der Waals surface area contributed by atoms with Crippen LogP contribution in [0.3, 0.4) is 0 Å². The summed E-state index contributed by atoms with van der Waals surface area (Å²) in [5.74, 6) is 0.306. The van der Waals surface area contributed by atoms with Gasteiger partial charge >= 0.3 is 5.97 Å². The summed E-state index contributed by atoms with van der Waals surface area (Å²) in [4.78, 5) is 20.5. The maximum absolute atomic E-state index is 11.5. The third kappa shape index (κ3) is 4.65. The third-order valence-corrected chi connectivity index (χ3v) is 3.55. The minimum atomic E-state index is -0.372. The highest BCUT2D eigenvalue weighted by Gasteiger charge is 2.08. The second kappa shape index (κ2) is 8.24. The van der Waals surface area contributed by atoms with Crippen molar-refractivity contribution in [2.24, 2.45) is 0 Å². The summed E-state index contributed by atoms with van der Waals surface area (Å²) in [5, 5.41) is 0. The number of rotatable bonds is 6. The molecular weight excluding hydrogens is 304 g/mol. The summed E-state index contributed by atoms with van der Waals surface area (Å²) >= 11 is 0. The molecule has 0 aliphatic rings. The fraction of sp³-hybridized carbons (Fsp3) is 0.316. The van der Waals surface area contributed by atoms with E-state index >= 15 is 0 Å². The van der Waals surface area contributed by atoms with E-state index in [0.717, 1.165) is 28.3 Å². The van der Waals surface area contributed by atoms with E-state index in [-0.39, 0.29) is 5.97 Å². The van der Waals surface area contributed by atoms with Gasteiger partial charge in [0.2, 0.25) is 0 Å². The number of nitrogens with zero attached hydrogens (tertiary/aromatic N) is 2. The van der Waals surface area contributed by atoms with Crippen LogP contribution in [0.1, 0.15) is 35.3 Å². The van der Waals surface area contributed by atoms with Crippen LogP contribution >= 0.6 is 0 Å². The molecule has 0 aliphatic carbocycles. The molecule has 2 rings (SSSR count). The second-order valence-corrected chi connectivity index (χ2v) is 5.34. The van der Waals surface area contributed by atoms with Crippen molar-refractivity contribution in [1.82, 2.24) is 9.97 Å². The Balaban J connectivity index is 2.13. The van der Waals surface area contributed by atoms with Gasteiger partial charge in [0.25, 0.3) is 0 Å². The lowest BCUT2D eigenvalue weighted by molar-refractivity contribution is -0.137. The van der Waals surface area contributed by atoms with Gasteiger partial charge in [-0.05, 0) is 39.8 Å². The topological polar surface area (TPSA) is 61.3 Å². The molecule has 0 amide bonds. The van der Waals surface area contributed by atoms with E-state index in [1.54, 1.807) is 13.0 Å². The Morgan fingerprint density at radius 3 is 2.54 bits per heavy atom. The van der Waals surface area contributed by atoms with E-state index in [0.29, 0.717) is 19.0 Å². The van der Waals surface area contributed by atoms with Crippen LogP contribution in [0.25, 0.3) is 6.08 Å². The number of esters is 1. The van der Waals surface area contributed by atoms with Crippen molar-refractivity contribution in [2.75, 3.05) is 6.61 Å². The number of benzene rings is 1. The first-order valence-corrected chi connectivity index (χ1v) is 7.88. The Morgan fingerprint density at radius 1 is 1.08 bits per heavy atom. The van der Waals surface area contributed by atoms with E-state index in [9.17, 15) is 4.79 Å². The Kier molecular flexibility index (Phi) is 6.07. The van der Waals surface area contributed by atoms with Crippen LogP contribution in [0.4, 0.5) is 0 Å². The highest BCUT2D eigenvalue weighted by Crippen LogP contribution is 2.21. The largest absolute Gasteiger partial charge is 0.487 e. The Morgan fingerprint density at radius 2 is 1.79 bits per heavy atom. The van der Waals surface area contributed by atoms with Gasteiger partial charge in [0.05, 0.1) is 29.4 Å². The maximum Gasteiger partial charge on any atom is 0.330 e. The molecule has 5 nitrogen and oxygen atoms in total. The molecule has 0 bridgehead atoms. The smallest absolute Gasteiger partial charge is 0.330 e. The number of hydrogen-bond acceptors (Lipinski definition) is 5. The normalized spacial score (nSPS) is 10.8. The van der Waals surface area contributed by atoms with Gasteiger partial charge in [-0.2, -0.15) is 0 Å². The van der Waals surface area contributed by atoms with Gasteiger partial charge in [-0.1, -0.05) is 18.2 Å². The predicted octanol–water partition coefficient (Wildman–Crippen LogP) is 3.56. The quantitative estimate of drug-likeness (QED) is 0.600. The number of hydrogen-bond donors (Lipinski definition) is 0. The summed E-state index contributed by atoms with van der Waals surface area (Å²) < 4.78 is 10.8. The minimum Gasteiger partial charge on any atom is -0.487 e. The lowest BCUT2D eigenvalue weighted by Gasteiger charge is -2.11. The fourth-order valence-corrected chi connectivity index (χ4v) is 2.14. The van der Waals surface area contributed by atoms with Gasteiger partial charge in [-0.25, -0.2) is 4.79 Å². The molecule has 0 saturated heterocycles. The molecule has 1 heterocycles.